The van der Waals surface area contributed by atoms with Gasteiger partial charge in [-0.3, -0.25) is 9.58 Å². The quantitative estimate of drug-likeness (QED) is 0.735. The molecule has 1 aromatic carbocycles. The van der Waals surface area contributed by atoms with Crippen LogP contribution in [0.15, 0.2) is 42.7 Å². The van der Waals surface area contributed by atoms with Crippen molar-refractivity contribution in [1.29, 1.82) is 0 Å². The minimum atomic E-state index is 1.12. The molecule has 5 nitrogen and oxygen atoms in total. The zero-order valence-electron chi connectivity index (χ0n) is 15.6. The van der Waals surface area contributed by atoms with Crippen molar-refractivity contribution in [3.05, 3.63) is 48.3 Å². The fourth-order valence-corrected chi connectivity index (χ4v) is 3.45. The highest BCUT2D eigenvalue weighted by atomic mass is 15.3. The smallest absolute Gasteiger partial charge is 0.0521 e. The van der Waals surface area contributed by atoms with Crippen LogP contribution in [0.25, 0.3) is 0 Å². The Morgan fingerprint density at radius 1 is 1.04 bits per heavy atom. The van der Waals surface area contributed by atoms with Crippen molar-refractivity contribution in [2.75, 3.05) is 57.8 Å². The van der Waals surface area contributed by atoms with Gasteiger partial charge in [-0.05, 0) is 44.1 Å². The first kappa shape index (κ1) is 18.0. The molecule has 0 aliphatic carbocycles. The first-order valence-corrected chi connectivity index (χ1v) is 9.39. The summed E-state index contributed by atoms with van der Waals surface area (Å²) in [7, 11) is 4.22. The van der Waals surface area contributed by atoms with E-state index in [2.05, 4.69) is 63.4 Å². The maximum Gasteiger partial charge on any atom is 0.0521 e. The topological polar surface area (TPSA) is 27.5 Å². The van der Waals surface area contributed by atoms with Crippen molar-refractivity contribution in [3.8, 4) is 0 Å². The molecule has 1 aliphatic rings. The number of benzene rings is 1. The Balaban J connectivity index is 1.30. The third kappa shape index (κ3) is 5.58. The Labute approximate surface area is 151 Å². The van der Waals surface area contributed by atoms with Crippen LogP contribution >= 0.6 is 0 Å². The Hall–Kier alpha value is -1.85. The Bertz CT molecular complexity index is 616. The largest absolute Gasteiger partial charge is 0.369 e. The molecule has 0 radical (unpaired) electrons. The lowest BCUT2D eigenvalue weighted by atomic mass is 10.2. The maximum atomic E-state index is 4.23. The number of piperazine rings is 1. The molecule has 2 heterocycles. The normalized spacial score (nSPS) is 15.9. The number of aryl methyl sites for hydroxylation is 2. The summed E-state index contributed by atoms with van der Waals surface area (Å²) in [6, 6.07) is 10.8. The van der Waals surface area contributed by atoms with E-state index < -0.39 is 0 Å². The second-order valence-corrected chi connectivity index (χ2v) is 7.09. The van der Waals surface area contributed by atoms with Crippen molar-refractivity contribution in [1.82, 2.24) is 19.6 Å². The van der Waals surface area contributed by atoms with E-state index in [0.717, 1.165) is 32.6 Å². The summed E-state index contributed by atoms with van der Waals surface area (Å²) < 4.78 is 1.88. The Morgan fingerprint density at radius 2 is 1.80 bits per heavy atom. The SMILES string of the molecule is CN(CCCc1cnn(C)c1)CCN1CCN(c2ccccc2)CC1. The number of anilines is 1. The molecule has 1 saturated heterocycles. The molecular formula is C20H31N5. The number of para-hydroxylation sites is 1. The van der Waals surface area contributed by atoms with Crippen LogP contribution in [0.3, 0.4) is 0 Å². The second-order valence-electron chi connectivity index (χ2n) is 7.09. The molecule has 136 valence electrons. The van der Waals surface area contributed by atoms with E-state index in [-0.39, 0.29) is 0 Å². The van der Waals surface area contributed by atoms with Gasteiger partial charge in [-0.1, -0.05) is 18.2 Å². The summed E-state index contributed by atoms with van der Waals surface area (Å²) >= 11 is 0. The summed E-state index contributed by atoms with van der Waals surface area (Å²) in [6.07, 6.45) is 6.41. The standard InChI is InChI=1S/C20H31N5/c1-22(10-6-7-19-17-21-23(2)18-19)11-12-24-13-15-25(16-14-24)20-8-4-3-5-9-20/h3-5,8-9,17-18H,6-7,10-16H2,1-2H3. The zero-order chi connectivity index (χ0) is 17.5. The molecule has 0 spiro atoms. The van der Waals surface area contributed by atoms with Crippen LogP contribution in [0.5, 0.6) is 0 Å². The van der Waals surface area contributed by atoms with Crippen molar-refractivity contribution in [2.45, 2.75) is 12.8 Å². The minimum Gasteiger partial charge on any atom is -0.369 e. The highest BCUT2D eigenvalue weighted by molar-refractivity contribution is 5.46. The van der Waals surface area contributed by atoms with E-state index in [1.54, 1.807) is 0 Å². The summed E-state index contributed by atoms with van der Waals surface area (Å²) in [4.78, 5) is 7.55. The van der Waals surface area contributed by atoms with Crippen LogP contribution in [-0.2, 0) is 13.5 Å². The van der Waals surface area contributed by atoms with Gasteiger partial charge in [0.1, 0.15) is 0 Å². The average Bonchev–Trinajstić information content (AvgIpc) is 3.06. The molecule has 2 aromatic rings. The van der Waals surface area contributed by atoms with E-state index in [9.17, 15) is 0 Å². The van der Waals surface area contributed by atoms with Crippen LogP contribution < -0.4 is 4.90 Å². The first-order valence-electron chi connectivity index (χ1n) is 9.39. The molecule has 3 rings (SSSR count). The second kappa shape index (κ2) is 9.02. The van der Waals surface area contributed by atoms with Crippen molar-refractivity contribution >= 4 is 5.69 Å². The third-order valence-electron chi connectivity index (χ3n) is 5.06. The molecular weight excluding hydrogens is 310 g/mol. The number of likely N-dealkylation sites (N-methyl/N-ethyl adjacent to an activating group) is 1. The zero-order valence-corrected chi connectivity index (χ0v) is 15.6. The van der Waals surface area contributed by atoms with Crippen LogP contribution in [0.1, 0.15) is 12.0 Å². The number of nitrogens with zero attached hydrogens (tertiary/aromatic N) is 5. The fraction of sp³-hybridized carbons (Fsp3) is 0.550. The highest BCUT2D eigenvalue weighted by Crippen LogP contribution is 2.15. The van der Waals surface area contributed by atoms with Gasteiger partial charge in [0.05, 0.1) is 6.20 Å². The molecule has 0 N–H and O–H groups in total. The summed E-state index contributed by atoms with van der Waals surface area (Å²) in [6.45, 7) is 8.07. The number of hydrogen-bond acceptors (Lipinski definition) is 4. The Kier molecular flexibility index (Phi) is 6.48. The van der Waals surface area contributed by atoms with Gasteiger partial charge in [0.2, 0.25) is 0 Å². The minimum absolute atomic E-state index is 1.12. The first-order chi connectivity index (χ1) is 12.2. The molecule has 25 heavy (non-hydrogen) atoms. The fourth-order valence-electron chi connectivity index (χ4n) is 3.45. The van der Waals surface area contributed by atoms with Gasteiger partial charge in [0.15, 0.2) is 0 Å². The van der Waals surface area contributed by atoms with Crippen molar-refractivity contribution in [3.63, 3.8) is 0 Å². The predicted molar refractivity (Wildman–Crippen MR) is 104 cm³/mol. The van der Waals surface area contributed by atoms with Crippen LogP contribution in [0.2, 0.25) is 0 Å². The third-order valence-corrected chi connectivity index (χ3v) is 5.06. The average molecular weight is 342 g/mol. The summed E-state index contributed by atoms with van der Waals surface area (Å²) in [5, 5.41) is 4.23. The van der Waals surface area contributed by atoms with Crippen molar-refractivity contribution < 1.29 is 0 Å². The summed E-state index contributed by atoms with van der Waals surface area (Å²) in [5.74, 6) is 0. The molecule has 1 aliphatic heterocycles. The lowest BCUT2D eigenvalue weighted by Gasteiger charge is -2.36. The van der Waals surface area contributed by atoms with E-state index in [0.29, 0.717) is 0 Å². The van der Waals surface area contributed by atoms with Gasteiger partial charge in [-0.25, -0.2) is 0 Å². The lowest BCUT2D eigenvalue weighted by molar-refractivity contribution is 0.215. The molecule has 0 bridgehead atoms. The van der Waals surface area contributed by atoms with Gasteiger partial charge >= 0.3 is 0 Å². The summed E-state index contributed by atoms with van der Waals surface area (Å²) in [5.41, 5.74) is 2.70. The molecule has 5 heteroatoms. The van der Waals surface area contributed by atoms with Gasteiger partial charge in [0.25, 0.3) is 0 Å². The van der Waals surface area contributed by atoms with Gasteiger partial charge in [-0.2, -0.15) is 5.10 Å². The lowest BCUT2D eigenvalue weighted by Crippen LogP contribution is -2.48. The molecule has 0 unspecified atom stereocenters. The molecule has 0 amide bonds. The Morgan fingerprint density at radius 3 is 2.48 bits per heavy atom. The number of aromatic nitrogens is 2. The van der Waals surface area contributed by atoms with Crippen LogP contribution in [0, 0.1) is 0 Å². The highest BCUT2D eigenvalue weighted by Gasteiger charge is 2.16. The van der Waals surface area contributed by atoms with Gasteiger partial charge < -0.3 is 9.80 Å². The number of rotatable bonds is 8. The molecule has 0 saturated carbocycles. The van der Waals surface area contributed by atoms with Crippen LogP contribution in [0.4, 0.5) is 5.69 Å². The van der Waals surface area contributed by atoms with E-state index in [4.69, 9.17) is 0 Å². The maximum absolute atomic E-state index is 4.23. The van der Waals surface area contributed by atoms with Crippen LogP contribution in [-0.4, -0.2) is 72.4 Å². The molecule has 1 fully saturated rings. The molecule has 0 atom stereocenters. The van der Waals surface area contributed by atoms with Gasteiger partial charge in [-0.15, -0.1) is 0 Å². The van der Waals surface area contributed by atoms with E-state index >= 15 is 0 Å². The van der Waals surface area contributed by atoms with E-state index in [1.165, 1.54) is 37.3 Å². The van der Waals surface area contributed by atoms with Gasteiger partial charge in [0, 0.05) is 58.2 Å². The van der Waals surface area contributed by atoms with Crippen molar-refractivity contribution in [2.24, 2.45) is 7.05 Å². The number of hydrogen-bond donors (Lipinski definition) is 0. The predicted octanol–water partition coefficient (Wildman–Crippen LogP) is 2.11. The molecule has 1 aromatic heterocycles. The van der Waals surface area contributed by atoms with E-state index in [1.807, 2.05) is 17.9 Å². The monoisotopic (exact) mass is 341 g/mol.